The highest BCUT2D eigenvalue weighted by atomic mass is 32.1. The van der Waals surface area contributed by atoms with E-state index in [1.165, 1.54) is 18.4 Å². The van der Waals surface area contributed by atoms with Crippen LogP contribution in [0.15, 0.2) is 0 Å². The number of hydrogen-bond donors (Lipinski definition) is 3. The molecule has 1 aromatic rings. The molecule has 0 aromatic carbocycles. The van der Waals surface area contributed by atoms with E-state index in [2.05, 4.69) is 5.32 Å². The Kier molecular flexibility index (Phi) is 4.59. The topological polar surface area (TPSA) is 119 Å². The van der Waals surface area contributed by atoms with E-state index in [-0.39, 0.29) is 12.2 Å². The van der Waals surface area contributed by atoms with Gasteiger partial charge in [0.1, 0.15) is 11.6 Å². The molecule has 1 atom stereocenters. The highest BCUT2D eigenvalue weighted by Crippen LogP contribution is 2.43. The summed E-state index contributed by atoms with van der Waals surface area (Å²) in [7, 11) is 1.38. The zero-order valence-electron chi connectivity index (χ0n) is 11.5. The number of anilines is 1. The molecule has 0 aliphatic heterocycles. The Morgan fingerprint density at radius 2 is 2.19 bits per heavy atom. The van der Waals surface area contributed by atoms with Gasteiger partial charge in [0.2, 0.25) is 0 Å². The molecule has 4 N–H and O–H groups in total. The lowest BCUT2D eigenvalue weighted by Gasteiger charge is -2.19. The summed E-state index contributed by atoms with van der Waals surface area (Å²) in [6, 6.07) is 0. The molecule has 2 rings (SSSR count). The summed E-state index contributed by atoms with van der Waals surface area (Å²) in [4.78, 5) is 35.5. The molecule has 0 spiro atoms. The van der Waals surface area contributed by atoms with Gasteiger partial charge in [0, 0.05) is 12.0 Å². The molecule has 1 unspecified atom stereocenters. The van der Waals surface area contributed by atoms with Crippen molar-refractivity contribution in [2.24, 2.45) is 5.73 Å². The van der Waals surface area contributed by atoms with Crippen LogP contribution in [0.3, 0.4) is 0 Å². The van der Waals surface area contributed by atoms with E-state index < -0.39 is 23.7 Å². The smallest absolute Gasteiger partial charge is 0.311 e. The first kappa shape index (κ1) is 15.5. The second-order valence-corrected chi connectivity index (χ2v) is 5.88. The van der Waals surface area contributed by atoms with Gasteiger partial charge in [0.05, 0.1) is 11.5 Å². The molecule has 0 radical (unpaired) electrons. The molecule has 1 aliphatic rings. The molecule has 0 bridgehead atoms. The van der Waals surface area contributed by atoms with E-state index >= 15 is 0 Å². The first-order valence-electron chi connectivity index (χ1n) is 6.42. The fourth-order valence-electron chi connectivity index (χ4n) is 2.53. The van der Waals surface area contributed by atoms with Crippen LogP contribution in [0.2, 0.25) is 0 Å². The molecule has 21 heavy (non-hydrogen) atoms. The maximum absolute atomic E-state index is 11.7. The molecule has 1 heterocycles. The molecule has 114 valence electrons. The number of carboxylic acids is 1. The largest absolute Gasteiger partial charge is 0.481 e. The average molecular weight is 312 g/mol. The highest BCUT2D eigenvalue weighted by molar-refractivity contribution is 7.17. The van der Waals surface area contributed by atoms with Gasteiger partial charge in [-0.2, -0.15) is 0 Å². The van der Waals surface area contributed by atoms with Crippen molar-refractivity contribution in [3.8, 4) is 0 Å². The molecule has 8 heteroatoms. The summed E-state index contributed by atoms with van der Waals surface area (Å²) in [5.41, 5.74) is 5.96. The third-order valence-electron chi connectivity index (χ3n) is 3.34. The van der Waals surface area contributed by atoms with Gasteiger partial charge in [-0.15, -0.1) is 11.3 Å². The second-order valence-electron chi connectivity index (χ2n) is 4.77. The SMILES string of the molecule is COCC(=O)Nc1sc2c(c1C(N)=O)C(C(=O)O)CCC2. The number of methoxy groups -OCH3 is 1. The summed E-state index contributed by atoms with van der Waals surface area (Å²) in [5.74, 6) is -2.87. The number of carboxylic acid groups (broad SMARTS) is 1. The Balaban J connectivity index is 2.46. The molecule has 1 aromatic heterocycles. The Hall–Kier alpha value is -1.93. The third-order valence-corrected chi connectivity index (χ3v) is 4.52. The van der Waals surface area contributed by atoms with Crippen LogP contribution in [-0.4, -0.2) is 36.6 Å². The number of aliphatic carboxylic acids is 1. The van der Waals surface area contributed by atoms with Crippen LogP contribution in [0.4, 0.5) is 5.00 Å². The first-order chi connectivity index (χ1) is 9.95. The fraction of sp³-hybridized carbons (Fsp3) is 0.462. The summed E-state index contributed by atoms with van der Waals surface area (Å²) < 4.78 is 4.72. The number of ether oxygens (including phenoxy) is 1. The van der Waals surface area contributed by atoms with Crippen LogP contribution in [0.25, 0.3) is 0 Å². The highest BCUT2D eigenvalue weighted by Gasteiger charge is 2.34. The molecule has 1 aliphatic carbocycles. The minimum Gasteiger partial charge on any atom is -0.481 e. The lowest BCUT2D eigenvalue weighted by molar-refractivity contribution is -0.139. The normalized spacial score (nSPS) is 17.1. The quantitative estimate of drug-likeness (QED) is 0.747. The number of carbonyl (C=O) groups excluding carboxylic acids is 2. The second kappa shape index (κ2) is 6.23. The molecule has 0 fully saturated rings. The van der Waals surface area contributed by atoms with Gasteiger partial charge in [-0.05, 0) is 24.8 Å². The number of amides is 2. The van der Waals surface area contributed by atoms with Crippen LogP contribution in [0.1, 0.15) is 39.6 Å². The van der Waals surface area contributed by atoms with Crippen molar-refractivity contribution < 1.29 is 24.2 Å². The Bertz CT molecular complexity index is 596. The van der Waals surface area contributed by atoms with Crippen molar-refractivity contribution in [1.82, 2.24) is 0 Å². The summed E-state index contributed by atoms with van der Waals surface area (Å²) >= 11 is 1.21. The van der Waals surface area contributed by atoms with Crippen molar-refractivity contribution in [2.75, 3.05) is 19.0 Å². The Labute approximate surface area is 125 Å². The van der Waals surface area contributed by atoms with Crippen molar-refractivity contribution in [3.05, 3.63) is 16.0 Å². The first-order valence-corrected chi connectivity index (χ1v) is 7.24. The number of aryl methyl sites for hydroxylation is 1. The van der Waals surface area contributed by atoms with E-state index in [9.17, 15) is 19.5 Å². The molecular formula is C13H16N2O5S. The summed E-state index contributed by atoms with van der Waals surface area (Å²) in [6.45, 7) is -0.150. The number of primary amides is 1. The average Bonchev–Trinajstić information content (AvgIpc) is 2.75. The number of hydrogen-bond acceptors (Lipinski definition) is 5. The van der Waals surface area contributed by atoms with Gasteiger partial charge in [-0.1, -0.05) is 0 Å². The third kappa shape index (κ3) is 3.06. The maximum Gasteiger partial charge on any atom is 0.311 e. The lowest BCUT2D eigenvalue weighted by Crippen LogP contribution is -2.23. The molecular weight excluding hydrogens is 296 g/mol. The number of carbonyl (C=O) groups is 3. The molecule has 2 amide bonds. The van der Waals surface area contributed by atoms with Crippen molar-refractivity contribution in [2.45, 2.75) is 25.2 Å². The predicted octanol–water partition coefficient (Wildman–Crippen LogP) is 0.936. The zero-order chi connectivity index (χ0) is 15.6. The maximum atomic E-state index is 11.7. The van der Waals surface area contributed by atoms with E-state index in [1.54, 1.807) is 0 Å². The lowest BCUT2D eigenvalue weighted by atomic mass is 9.85. The van der Waals surface area contributed by atoms with Crippen molar-refractivity contribution >= 4 is 34.1 Å². The minimum absolute atomic E-state index is 0.117. The molecule has 7 nitrogen and oxygen atoms in total. The van der Waals surface area contributed by atoms with Crippen LogP contribution in [0, 0.1) is 0 Å². The van der Waals surface area contributed by atoms with Gasteiger partial charge in [-0.3, -0.25) is 14.4 Å². The van der Waals surface area contributed by atoms with Crippen molar-refractivity contribution in [3.63, 3.8) is 0 Å². The number of nitrogens with two attached hydrogens (primary N) is 1. The monoisotopic (exact) mass is 312 g/mol. The summed E-state index contributed by atoms with van der Waals surface area (Å²) in [6.07, 6.45) is 1.88. The summed E-state index contributed by atoms with van der Waals surface area (Å²) in [5, 5.41) is 12.2. The minimum atomic E-state index is -0.981. The van der Waals surface area contributed by atoms with Gasteiger partial charge >= 0.3 is 5.97 Å². The van der Waals surface area contributed by atoms with E-state index in [4.69, 9.17) is 10.5 Å². The van der Waals surface area contributed by atoms with Gasteiger partial charge in [0.15, 0.2) is 0 Å². The number of rotatable bonds is 5. The van der Waals surface area contributed by atoms with Gasteiger partial charge in [0.25, 0.3) is 11.8 Å². The van der Waals surface area contributed by atoms with Gasteiger partial charge < -0.3 is 20.9 Å². The van der Waals surface area contributed by atoms with Crippen molar-refractivity contribution in [1.29, 1.82) is 0 Å². The molecule has 0 saturated carbocycles. The number of thiophene rings is 1. The number of nitrogens with one attached hydrogen (secondary N) is 1. The van der Waals surface area contributed by atoms with Crippen LogP contribution in [0.5, 0.6) is 0 Å². The Morgan fingerprint density at radius 1 is 1.48 bits per heavy atom. The van der Waals surface area contributed by atoms with E-state index in [0.29, 0.717) is 23.4 Å². The number of fused-ring (bicyclic) bond motifs is 1. The van der Waals surface area contributed by atoms with E-state index in [0.717, 1.165) is 11.3 Å². The standard InChI is InChI=1S/C13H16N2O5S/c1-20-5-8(16)15-12-10(11(14)17)9-6(13(18)19)3-2-4-7(9)21-12/h6H,2-5H2,1H3,(H2,14,17)(H,15,16)(H,18,19). The van der Waals surface area contributed by atoms with Crippen LogP contribution in [-0.2, 0) is 20.7 Å². The van der Waals surface area contributed by atoms with Gasteiger partial charge in [-0.25, -0.2) is 0 Å². The fourth-order valence-corrected chi connectivity index (χ4v) is 3.85. The van der Waals surface area contributed by atoms with Crippen LogP contribution < -0.4 is 11.1 Å². The van der Waals surface area contributed by atoms with Crippen LogP contribution >= 0.6 is 11.3 Å². The predicted molar refractivity (Wildman–Crippen MR) is 76.7 cm³/mol. The Morgan fingerprint density at radius 3 is 2.76 bits per heavy atom. The van der Waals surface area contributed by atoms with E-state index in [1.807, 2.05) is 0 Å². The zero-order valence-corrected chi connectivity index (χ0v) is 12.3. The molecule has 0 saturated heterocycles.